The van der Waals surface area contributed by atoms with Crippen LogP contribution >= 0.6 is 11.6 Å². The number of carbonyl (C=O) groups is 1. The minimum Gasteiger partial charge on any atom is -0.372 e. The second-order valence-corrected chi connectivity index (χ2v) is 6.10. The zero-order valence-electron chi connectivity index (χ0n) is 11.9. The van der Waals surface area contributed by atoms with Crippen LogP contribution in [-0.4, -0.2) is 11.9 Å². The molecule has 2 rings (SSSR count). The molecule has 1 aromatic carbocycles. The summed E-state index contributed by atoms with van der Waals surface area (Å²) in [5.41, 5.74) is 7.67. The molecule has 1 amide bonds. The largest absolute Gasteiger partial charge is 0.372 e. The molecule has 0 saturated heterocycles. The van der Waals surface area contributed by atoms with Gasteiger partial charge in [0.15, 0.2) is 0 Å². The quantitative estimate of drug-likeness (QED) is 0.833. The molecule has 0 heterocycles. The second kappa shape index (κ2) is 6.31. The Hall–Kier alpha value is -1.48. The van der Waals surface area contributed by atoms with Gasteiger partial charge in [-0.1, -0.05) is 42.3 Å². The number of allylic oxidation sites excluding steroid dienone is 2. The number of nitrogens with one attached hydrogen (secondary N) is 1. The maximum Gasteiger partial charge on any atom is 0.240 e. The molecule has 3 atom stereocenters. The molecular weight excluding hydrogens is 272 g/mol. The predicted molar refractivity (Wildman–Crippen MR) is 83.7 cm³/mol. The van der Waals surface area contributed by atoms with Crippen molar-refractivity contribution >= 4 is 23.2 Å². The van der Waals surface area contributed by atoms with E-state index in [2.05, 4.69) is 25.2 Å². The average molecular weight is 293 g/mol. The third-order valence-corrected chi connectivity index (χ3v) is 4.12. The number of hydrogen-bond donors (Lipinski definition) is 2. The van der Waals surface area contributed by atoms with Gasteiger partial charge in [0.2, 0.25) is 5.91 Å². The van der Waals surface area contributed by atoms with Crippen molar-refractivity contribution in [2.45, 2.75) is 32.7 Å². The molecule has 3 unspecified atom stereocenters. The fourth-order valence-electron chi connectivity index (χ4n) is 3.02. The van der Waals surface area contributed by atoms with E-state index in [1.165, 1.54) is 5.57 Å². The third kappa shape index (κ3) is 3.54. The van der Waals surface area contributed by atoms with E-state index in [0.717, 1.165) is 18.5 Å². The van der Waals surface area contributed by atoms with Gasteiger partial charge < -0.3 is 11.1 Å². The summed E-state index contributed by atoms with van der Waals surface area (Å²) in [5, 5.41) is 3.83. The molecule has 108 valence electrons. The van der Waals surface area contributed by atoms with Crippen LogP contribution in [0.25, 0.3) is 0 Å². The smallest absolute Gasteiger partial charge is 0.240 e. The Labute approximate surface area is 125 Å². The van der Waals surface area contributed by atoms with Crippen LogP contribution in [0.1, 0.15) is 26.7 Å². The van der Waals surface area contributed by atoms with Gasteiger partial charge in [-0.3, -0.25) is 4.79 Å². The Morgan fingerprint density at radius 2 is 2.15 bits per heavy atom. The highest BCUT2D eigenvalue weighted by atomic mass is 35.5. The van der Waals surface area contributed by atoms with E-state index in [-0.39, 0.29) is 17.9 Å². The van der Waals surface area contributed by atoms with Crippen LogP contribution in [0, 0.1) is 11.8 Å². The first kappa shape index (κ1) is 14.9. The molecule has 0 spiro atoms. The fraction of sp³-hybridized carbons (Fsp3) is 0.438. The van der Waals surface area contributed by atoms with E-state index in [9.17, 15) is 4.79 Å². The molecule has 0 radical (unpaired) electrons. The average Bonchev–Trinajstić information content (AvgIpc) is 2.36. The number of para-hydroxylation sites is 1. The highest BCUT2D eigenvalue weighted by Gasteiger charge is 2.30. The minimum absolute atomic E-state index is 0.212. The van der Waals surface area contributed by atoms with Crippen molar-refractivity contribution in [2.24, 2.45) is 17.6 Å². The molecule has 1 aromatic rings. The van der Waals surface area contributed by atoms with E-state index >= 15 is 0 Å². The topological polar surface area (TPSA) is 55.1 Å². The molecule has 20 heavy (non-hydrogen) atoms. The first-order valence-corrected chi connectivity index (χ1v) is 7.33. The molecule has 3 nitrogen and oxygen atoms in total. The molecule has 3 N–H and O–H groups in total. The number of primary amides is 1. The van der Waals surface area contributed by atoms with Gasteiger partial charge >= 0.3 is 0 Å². The van der Waals surface area contributed by atoms with Gasteiger partial charge in [0.1, 0.15) is 6.04 Å². The maximum atomic E-state index is 11.8. The van der Waals surface area contributed by atoms with Gasteiger partial charge in [-0.15, -0.1) is 0 Å². The molecule has 0 bridgehead atoms. The molecular formula is C16H21ClN2O. The summed E-state index contributed by atoms with van der Waals surface area (Å²) in [6.07, 6.45) is 4.13. The Kier molecular flexibility index (Phi) is 4.71. The number of hydrogen-bond acceptors (Lipinski definition) is 2. The van der Waals surface area contributed by atoms with Crippen molar-refractivity contribution in [1.82, 2.24) is 0 Å². The summed E-state index contributed by atoms with van der Waals surface area (Å²) < 4.78 is 0. The number of anilines is 1. The van der Waals surface area contributed by atoms with Crippen LogP contribution in [0.5, 0.6) is 0 Å². The zero-order chi connectivity index (χ0) is 14.7. The summed E-state index contributed by atoms with van der Waals surface area (Å²) in [6, 6.07) is 7.04. The maximum absolute atomic E-state index is 11.8. The van der Waals surface area contributed by atoms with Crippen LogP contribution in [0.2, 0.25) is 5.02 Å². The zero-order valence-corrected chi connectivity index (χ0v) is 12.7. The number of halogens is 1. The van der Waals surface area contributed by atoms with E-state index < -0.39 is 0 Å². The number of rotatable bonds is 4. The Morgan fingerprint density at radius 1 is 1.45 bits per heavy atom. The van der Waals surface area contributed by atoms with E-state index in [1.807, 2.05) is 18.2 Å². The Morgan fingerprint density at radius 3 is 2.75 bits per heavy atom. The van der Waals surface area contributed by atoms with Gasteiger partial charge in [0.25, 0.3) is 0 Å². The van der Waals surface area contributed by atoms with Gasteiger partial charge in [0, 0.05) is 0 Å². The van der Waals surface area contributed by atoms with E-state index in [1.54, 1.807) is 6.07 Å². The summed E-state index contributed by atoms with van der Waals surface area (Å²) in [7, 11) is 0. The highest BCUT2D eigenvalue weighted by Crippen LogP contribution is 2.32. The first-order valence-electron chi connectivity index (χ1n) is 6.95. The van der Waals surface area contributed by atoms with E-state index in [0.29, 0.717) is 10.9 Å². The summed E-state index contributed by atoms with van der Waals surface area (Å²) >= 11 is 6.14. The SMILES string of the molecule is CC1=CC(C)CC(C(Nc2ccccc2Cl)C(N)=O)C1. The first-order chi connectivity index (χ1) is 9.47. The molecule has 0 aliphatic heterocycles. The summed E-state index contributed by atoms with van der Waals surface area (Å²) in [4.78, 5) is 11.8. The number of nitrogens with two attached hydrogens (primary N) is 1. The van der Waals surface area contributed by atoms with Crippen molar-refractivity contribution in [2.75, 3.05) is 5.32 Å². The van der Waals surface area contributed by atoms with Crippen molar-refractivity contribution in [1.29, 1.82) is 0 Å². The van der Waals surface area contributed by atoms with Crippen LogP contribution in [-0.2, 0) is 4.79 Å². The minimum atomic E-state index is -0.388. The number of carbonyl (C=O) groups excluding carboxylic acids is 1. The Balaban J connectivity index is 2.18. The molecule has 1 aliphatic carbocycles. The van der Waals surface area contributed by atoms with E-state index in [4.69, 9.17) is 17.3 Å². The Bertz CT molecular complexity index is 527. The monoisotopic (exact) mass is 292 g/mol. The lowest BCUT2D eigenvalue weighted by atomic mass is 9.79. The summed E-state index contributed by atoms with van der Waals surface area (Å²) in [6.45, 7) is 4.28. The van der Waals surface area contributed by atoms with Crippen molar-refractivity contribution in [3.05, 3.63) is 40.9 Å². The second-order valence-electron chi connectivity index (χ2n) is 5.69. The normalized spacial score (nSPS) is 23.9. The van der Waals surface area contributed by atoms with Crippen molar-refractivity contribution < 1.29 is 4.79 Å². The van der Waals surface area contributed by atoms with Crippen LogP contribution < -0.4 is 11.1 Å². The van der Waals surface area contributed by atoms with Gasteiger partial charge in [-0.2, -0.15) is 0 Å². The number of benzene rings is 1. The predicted octanol–water partition coefficient (Wildman–Crippen LogP) is 3.60. The van der Waals surface area contributed by atoms with Gasteiger partial charge in [0.05, 0.1) is 10.7 Å². The number of amides is 1. The van der Waals surface area contributed by atoms with Crippen molar-refractivity contribution in [3.8, 4) is 0 Å². The van der Waals surface area contributed by atoms with Gasteiger partial charge in [-0.05, 0) is 43.7 Å². The highest BCUT2D eigenvalue weighted by molar-refractivity contribution is 6.33. The molecule has 0 saturated carbocycles. The van der Waals surface area contributed by atoms with Crippen molar-refractivity contribution in [3.63, 3.8) is 0 Å². The van der Waals surface area contributed by atoms with Crippen LogP contribution in [0.3, 0.4) is 0 Å². The molecule has 1 aliphatic rings. The van der Waals surface area contributed by atoms with Gasteiger partial charge in [-0.25, -0.2) is 0 Å². The lowest BCUT2D eigenvalue weighted by molar-refractivity contribution is -0.119. The fourth-order valence-corrected chi connectivity index (χ4v) is 3.21. The van der Waals surface area contributed by atoms with Crippen LogP contribution in [0.4, 0.5) is 5.69 Å². The standard InChI is InChI=1S/C16H21ClN2O/c1-10-7-11(2)9-12(8-10)15(16(18)20)19-14-6-4-3-5-13(14)17/h3-7,10,12,15,19H,8-9H2,1-2H3,(H2,18,20). The lowest BCUT2D eigenvalue weighted by Crippen LogP contribution is -2.43. The molecule has 0 fully saturated rings. The summed E-state index contributed by atoms with van der Waals surface area (Å²) in [5.74, 6) is 0.365. The molecule has 0 aromatic heterocycles. The lowest BCUT2D eigenvalue weighted by Gasteiger charge is -2.31. The third-order valence-electron chi connectivity index (χ3n) is 3.79. The van der Waals surface area contributed by atoms with Crippen LogP contribution in [0.15, 0.2) is 35.9 Å². The molecule has 4 heteroatoms.